The van der Waals surface area contributed by atoms with E-state index in [2.05, 4.69) is 5.32 Å². The number of hydrogen-bond donors (Lipinski definition) is 1. The van der Waals surface area contributed by atoms with Gasteiger partial charge in [-0.25, -0.2) is 12.8 Å². The van der Waals surface area contributed by atoms with Gasteiger partial charge in [0.2, 0.25) is 0 Å². The minimum atomic E-state index is -3.21. The summed E-state index contributed by atoms with van der Waals surface area (Å²) in [5, 5.41) is 12.0. The zero-order valence-corrected chi connectivity index (χ0v) is 13.7. The van der Waals surface area contributed by atoms with Crippen molar-refractivity contribution in [2.75, 3.05) is 6.26 Å². The maximum atomic E-state index is 13.7. The summed E-state index contributed by atoms with van der Waals surface area (Å²) in [6.07, 6.45) is 1.16. The summed E-state index contributed by atoms with van der Waals surface area (Å²) in [6, 6.07) is 12.7. The highest BCUT2D eigenvalue weighted by molar-refractivity contribution is 7.90. The predicted molar refractivity (Wildman–Crippen MR) is 85.9 cm³/mol. The first kappa shape index (κ1) is 17.1. The fourth-order valence-electron chi connectivity index (χ4n) is 2.16. The lowest BCUT2D eigenvalue weighted by Crippen LogP contribution is -2.19. The Balaban J connectivity index is 2.08. The average Bonchev–Trinajstić information content (AvgIpc) is 2.53. The third-order valence-corrected chi connectivity index (χ3v) is 4.71. The Morgan fingerprint density at radius 1 is 1.22 bits per heavy atom. The molecule has 0 saturated heterocycles. The van der Waals surface area contributed by atoms with Gasteiger partial charge in [0.25, 0.3) is 0 Å². The summed E-state index contributed by atoms with van der Waals surface area (Å²) < 4.78 is 36.6. The zero-order chi connectivity index (χ0) is 17.0. The van der Waals surface area contributed by atoms with Crippen LogP contribution >= 0.6 is 0 Å². The van der Waals surface area contributed by atoms with E-state index < -0.39 is 9.84 Å². The molecule has 0 saturated carbocycles. The topological polar surface area (TPSA) is 70.0 Å². The van der Waals surface area contributed by atoms with Crippen molar-refractivity contribution in [1.29, 1.82) is 5.26 Å². The molecule has 0 radical (unpaired) electrons. The van der Waals surface area contributed by atoms with Gasteiger partial charge in [-0.3, -0.25) is 0 Å². The first-order valence-corrected chi connectivity index (χ1v) is 8.92. The number of nitriles is 1. The molecule has 0 aliphatic heterocycles. The molecule has 0 aromatic heterocycles. The number of halogens is 1. The van der Waals surface area contributed by atoms with E-state index in [4.69, 9.17) is 5.26 Å². The Kier molecular flexibility index (Phi) is 5.14. The van der Waals surface area contributed by atoms with Gasteiger partial charge in [0.1, 0.15) is 5.82 Å². The van der Waals surface area contributed by atoms with E-state index in [1.54, 1.807) is 24.3 Å². The normalized spacial score (nSPS) is 12.6. The van der Waals surface area contributed by atoms with Gasteiger partial charge >= 0.3 is 0 Å². The first-order chi connectivity index (χ1) is 10.8. The number of nitrogens with zero attached hydrogens (tertiary/aromatic N) is 1. The molecule has 1 atom stereocenters. The van der Waals surface area contributed by atoms with Gasteiger partial charge in [-0.2, -0.15) is 5.26 Å². The number of rotatable bonds is 5. The molecule has 2 rings (SSSR count). The Bertz CT molecular complexity index is 840. The molecule has 0 aliphatic rings. The third kappa shape index (κ3) is 4.38. The summed E-state index contributed by atoms with van der Waals surface area (Å²) in [5.41, 5.74) is 1.73. The van der Waals surface area contributed by atoms with Crippen LogP contribution in [0.5, 0.6) is 0 Å². The van der Waals surface area contributed by atoms with Crippen LogP contribution < -0.4 is 5.32 Å². The molecule has 120 valence electrons. The van der Waals surface area contributed by atoms with Crippen molar-refractivity contribution in [3.8, 4) is 6.07 Å². The SMILES string of the molecule is C[C@@H](NCc1cc(C#N)ccc1F)c1ccc(S(C)(=O)=O)cc1. The number of benzene rings is 2. The molecule has 23 heavy (non-hydrogen) atoms. The summed E-state index contributed by atoms with van der Waals surface area (Å²) in [4.78, 5) is 0.265. The van der Waals surface area contributed by atoms with Crippen molar-refractivity contribution in [3.05, 3.63) is 65.0 Å². The minimum Gasteiger partial charge on any atom is -0.306 e. The van der Waals surface area contributed by atoms with E-state index in [-0.39, 0.29) is 23.3 Å². The van der Waals surface area contributed by atoms with E-state index in [0.29, 0.717) is 11.1 Å². The van der Waals surface area contributed by atoms with Gasteiger partial charge in [0.15, 0.2) is 9.84 Å². The largest absolute Gasteiger partial charge is 0.306 e. The lowest BCUT2D eigenvalue weighted by molar-refractivity contribution is 0.544. The molecule has 0 heterocycles. The van der Waals surface area contributed by atoms with Crippen molar-refractivity contribution >= 4 is 9.84 Å². The van der Waals surface area contributed by atoms with Crippen molar-refractivity contribution in [1.82, 2.24) is 5.32 Å². The van der Waals surface area contributed by atoms with Gasteiger partial charge in [-0.1, -0.05) is 12.1 Å². The van der Waals surface area contributed by atoms with Gasteiger partial charge in [-0.05, 0) is 42.8 Å². The maximum Gasteiger partial charge on any atom is 0.175 e. The summed E-state index contributed by atoms with van der Waals surface area (Å²) in [7, 11) is -3.21. The predicted octanol–water partition coefficient (Wildman–Crippen LogP) is 2.95. The molecule has 6 heteroatoms. The van der Waals surface area contributed by atoms with E-state index in [0.717, 1.165) is 11.8 Å². The highest BCUT2D eigenvalue weighted by Crippen LogP contribution is 2.17. The van der Waals surface area contributed by atoms with Crippen LogP contribution in [-0.2, 0) is 16.4 Å². The lowest BCUT2D eigenvalue weighted by Gasteiger charge is -2.15. The molecule has 2 aromatic carbocycles. The Morgan fingerprint density at radius 3 is 2.43 bits per heavy atom. The Labute approximate surface area is 135 Å². The average molecular weight is 332 g/mol. The van der Waals surface area contributed by atoms with Crippen LogP contribution in [0.2, 0.25) is 0 Å². The van der Waals surface area contributed by atoms with Crippen LogP contribution in [0.15, 0.2) is 47.4 Å². The van der Waals surface area contributed by atoms with E-state index in [1.807, 2.05) is 13.0 Å². The fraction of sp³-hybridized carbons (Fsp3) is 0.235. The summed E-state index contributed by atoms with van der Waals surface area (Å²) in [6.45, 7) is 2.18. The lowest BCUT2D eigenvalue weighted by atomic mass is 10.1. The van der Waals surface area contributed by atoms with E-state index >= 15 is 0 Å². The molecule has 0 bridgehead atoms. The minimum absolute atomic E-state index is 0.0891. The molecule has 0 unspecified atom stereocenters. The zero-order valence-electron chi connectivity index (χ0n) is 12.9. The van der Waals surface area contributed by atoms with Crippen molar-refractivity contribution in [2.24, 2.45) is 0 Å². The monoisotopic (exact) mass is 332 g/mol. The fourth-order valence-corrected chi connectivity index (χ4v) is 2.79. The smallest absolute Gasteiger partial charge is 0.175 e. The third-order valence-electron chi connectivity index (χ3n) is 3.58. The van der Waals surface area contributed by atoms with Crippen LogP contribution in [0, 0.1) is 17.1 Å². The summed E-state index contributed by atoms with van der Waals surface area (Å²) in [5.74, 6) is -0.365. The van der Waals surface area contributed by atoms with Crippen molar-refractivity contribution < 1.29 is 12.8 Å². The first-order valence-electron chi connectivity index (χ1n) is 7.03. The van der Waals surface area contributed by atoms with Crippen LogP contribution in [0.3, 0.4) is 0 Å². The van der Waals surface area contributed by atoms with Gasteiger partial charge in [0.05, 0.1) is 16.5 Å². The van der Waals surface area contributed by atoms with E-state index in [9.17, 15) is 12.8 Å². The quantitative estimate of drug-likeness (QED) is 0.914. The van der Waals surface area contributed by atoms with Gasteiger partial charge in [-0.15, -0.1) is 0 Å². The standard InChI is InChI=1S/C17H17FN2O2S/c1-12(14-4-6-16(7-5-14)23(2,21)22)20-11-15-9-13(10-19)3-8-17(15)18/h3-9,12,20H,11H2,1-2H3/t12-/m1/s1. The van der Waals surface area contributed by atoms with Gasteiger partial charge in [0, 0.05) is 24.4 Å². The summed E-state index contributed by atoms with van der Waals surface area (Å²) >= 11 is 0. The molecule has 0 spiro atoms. The van der Waals surface area contributed by atoms with E-state index in [1.165, 1.54) is 18.2 Å². The highest BCUT2D eigenvalue weighted by Gasteiger charge is 2.10. The molecular weight excluding hydrogens is 315 g/mol. The molecule has 0 fully saturated rings. The number of nitrogens with one attached hydrogen (secondary N) is 1. The number of hydrogen-bond acceptors (Lipinski definition) is 4. The second-order valence-electron chi connectivity index (χ2n) is 5.36. The van der Waals surface area contributed by atoms with Crippen LogP contribution in [0.4, 0.5) is 4.39 Å². The van der Waals surface area contributed by atoms with Gasteiger partial charge < -0.3 is 5.32 Å². The van der Waals surface area contributed by atoms with Crippen LogP contribution in [-0.4, -0.2) is 14.7 Å². The van der Waals surface area contributed by atoms with Crippen molar-refractivity contribution in [2.45, 2.75) is 24.4 Å². The molecule has 0 aliphatic carbocycles. The maximum absolute atomic E-state index is 13.7. The van der Waals surface area contributed by atoms with Crippen LogP contribution in [0.25, 0.3) is 0 Å². The molecule has 1 N–H and O–H groups in total. The number of sulfone groups is 1. The molecule has 2 aromatic rings. The second kappa shape index (κ2) is 6.90. The Morgan fingerprint density at radius 2 is 1.87 bits per heavy atom. The molecule has 4 nitrogen and oxygen atoms in total. The molecule has 0 amide bonds. The molecular formula is C17H17FN2O2S. The van der Waals surface area contributed by atoms with Crippen LogP contribution in [0.1, 0.15) is 29.7 Å². The second-order valence-corrected chi connectivity index (χ2v) is 7.38. The Hall–Kier alpha value is -2.23. The highest BCUT2D eigenvalue weighted by atomic mass is 32.2. The van der Waals surface area contributed by atoms with Crippen molar-refractivity contribution in [3.63, 3.8) is 0 Å².